The Labute approximate surface area is 209 Å². The highest BCUT2D eigenvalue weighted by atomic mass is 32.2. The largest absolute Gasteiger partial charge is 0.295 e. The minimum atomic E-state index is -3.73. The van der Waals surface area contributed by atoms with Crippen molar-refractivity contribution in [3.05, 3.63) is 47.5 Å². The van der Waals surface area contributed by atoms with Crippen molar-refractivity contribution in [3.8, 4) is 6.07 Å². The Morgan fingerprint density at radius 3 is 2.71 bits per heavy atom. The van der Waals surface area contributed by atoms with Gasteiger partial charge in [-0.2, -0.15) is 13.7 Å². The Bertz CT molecular complexity index is 1200. The fraction of sp³-hybridized carbons (Fsp3) is 0.655. The van der Waals surface area contributed by atoms with Gasteiger partial charge in [0.05, 0.1) is 12.7 Å². The molecular weight excluding hydrogens is 458 g/mol. The van der Waals surface area contributed by atoms with Crippen LogP contribution in [0.1, 0.15) is 63.9 Å². The highest BCUT2D eigenvalue weighted by molar-refractivity contribution is 7.85. The molecule has 0 amide bonds. The van der Waals surface area contributed by atoms with E-state index < -0.39 is 10.1 Å². The van der Waals surface area contributed by atoms with Crippen LogP contribution in [0.15, 0.2) is 42.0 Å². The maximum absolute atomic E-state index is 12.9. The van der Waals surface area contributed by atoms with Gasteiger partial charge in [-0.05, 0) is 90.6 Å². The van der Waals surface area contributed by atoms with Gasteiger partial charge in [0.1, 0.15) is 5.75 Å². The molecule has 0 saturated heterocycles. The average molecular weight is 494 g/mol. The molecule has 0 spiro atoms. The molecule has 1 aromatic carbocycles. The second-order valence-electron chi connectivity index (χ2n) is 12.3. The second kappa shape index (κ2) is 8.28. The molecule has 0 unspecified atom stereocenters. The summed E-state index contributed by atoms with van der Waals surface area (Å²) in [6, 6.07) is 11.7. The molecule has 5 nitrogen and oxygen atoms in total. The van der Waals surface area contributed by atoms with Gasteiger partial charge in [0, 0.05) is 18.8 Å². The molecule has 5 aliphatic carbocycles. The molecule has 6 heteroatoms. The molecule has 35 heavy (non-hydrogen) atoms. The molecule has 5 aliphatic rings. The van der Waals surface area contributed by atoms with Crippen LogP contribution in [0.2, 0.25) is 0 Å². The predicted octanol–water partition coefficient (Wildman–Crippen LogP) is 5.43. The molecule has 0 N–H and O–H groups in total. The molecule has 4 saturated carbocycles. The first kappa shape index (κ1) is 23.4. The molecule has 0 bridgehead atoms. The van der Waals surface area contributed by atoms with E-state index in [1.165, 1.54) is 12.8 Å². The van der Waals surface area contributed by atoms with Crippen molar-refractivity contribution in [3.63, 3.8) is 0 Å². The highest BCUT2D eigenvalue weighted by Crippen LogP contribution is 2.74. The van der Waals surface area contributed by atoms with E-state index in [2.05, 4.69) is 13.0 Å². The Hall–Kier alpha value is -1.97. The molecule has 4 fully saturated rings. The summed E-state index contributed by atoms with van der Waals surface area (Å²) in [5.74, 6) is 3.03. The Balaban J connectivity index is 1.29. The van der Waals surface area contributed by atoms with Gasteiger partial charge in [0.15, 0.2) is 5.78 Å². The highest BCUT2D eigenvalue weighted by Gasteiger charge is 2.67. The minimum absolute atomic E-state index is 0.0632. The van der Waals surface area contributed by atoms with E-state index in [0.29, 0.717) is 36.2 Å². The van der Waals surface area contributed by atoms with Gasteiger partial charge in [-0.15, -0.1) is 0 Å². The van der Waals surface area contributed by atoms with Gasteiger partial charge in [-0.3, -0.25) is 8.98 Å². The van der Waals surface area contributed by atoms with Crippen molar-refractivity contribution in [2.24, 2.45) is 46.3 Å². The van der Waals surface area contributed by atoms with Crippen LogP contribution >= 0.6 is 0 Å². The molecular formula is C29H35NO4S. The summed E-state index contributed by atoms with van der Waals surface area (Å²) in [6.07, 6.45) is 9.52. The van der Waals surface area contributed by atoms with Gasteiger partial charge in [0.2, 0.25) is 0 Å². The average Bonchev–Trinajstić information content (AvgIpc) is 3.49. The van der Waals surface area contributed by atoms with Crippen LogP contribution in [0.25, 0.3) is 0 Å². The summed E-state index contributed by atoms with van der Waals surface area (Å²) in [5, 5.41) is 9.69. The zero-order chi connectivity index (χ0) is 24.4. The third kappa shape index (κ3) is 3.90. The third-order valence-corrected chi connectivity index (χ3v) is 11.7. The number of carbonyl (C=O) groups is 1. The standard InChI is InChI=1S/C29H35NO4S/c1-28-9-7-22(31)15-26(28)21(17-34-35(32,33)18-19-5-3-2-4-6-19)14-24-25(28)8-10-29(11-12-30)16-20-13-23(20)27(24)29/h2-6,15,20-21,23-25,27H,7-11,13-14,16-18H2,1H3/t20-,21-,23-,24+,25-,27-,28+,29-/m0/s1. The fourth-order valence-corrected chi connectivity index (χ4v) is 10.1. The fourth-order valence-electron chi connectivity index (χ4n) is 9.08. The minimum Gasteiger partial charge on any atom is -0.295 e. The third-order valence-electron chi connectivity index (χ3n) is 10.5. The molecule has 8 atom stereocenters. The van der Waals surface area contributed by atoms with Crippen molar-refractivity contribution < 1.29 is 17.4 Å². The Morgan fingerprint density at radius 1 is 1.14 bits per heavy atom. The lowest BCUT2D eigenvalue weighted by Gasteiger charge is -2.60. The maximum Gasteiger partial charge on any atom is 0.271 e. The zero-order valence-corrected chi connectivity index (χ0v) is 21.3. The summed E-state index contributed by atoms with van der Waals surface area (Å²) in [7, 11) is -3.73. The monoisotopic (exact) mass is 493 g/mol. The van der Waals surface area contributed by atoms with Crippen LogP contribution in [0, 0.1) is 57.7 Å². The lowest BCUT2D eigenvalue weighted by molar-refractivity contribution is -0.118. The number of ketones is 1. The molecule has 186 valence electrons. The number of nitrogens with zero attached hydrogens (tertiary/aromatic N) is 1. The summed E-state index contributed by atoms with van der Waals surface area (Å²) in [6.45, 7) is 2.43. The smallest absolute Gasteiger partial charge is 0.271 e. The van der Waals surface area contributed by atoms with Gasteiger partial charge >= 0.3 is 0 Å². The molecule has 1 aromatic rings. The van der Waals surface area contributed by atoms with Crippen LogP contribution < -0.4 is 0 Å². The molecule has 0 radical (unpaired) electrons. The van der Waals surface area contributed by atoms with Crippen LogP contribution in [-0.4, -0.2) is 20.8 Å². The molecule has 0 aromatic heterocycles. The van der Waals surface area contributed by atoms with Crippen LogP contribution in [0.3, 0.4) is 0 Å². The lowest BCUT2D eigenvalue weighted by atomic mass is 9.44. The van der Waals surface area contributed by atoms with Gasteiger partial charge in [-0.1, -0.05) is 42.8 Å². The zero-order valence-electron chi connectivity index (χ0n) is 20.5. The Kier molecular flexibility index (Phi) is 5.54. The van der Waals surface area contributed by atoms with E-state index in [1.807, 2.05) is 24.3 Å². The first-order valence-electron chi connectivity index (χ1n) is 13.3. The van der Waals surface area contributed by atoms with E-state index in [9.17, 15) is 18.5 Å². The summed E-state index contributed by atoms with van der Waals surface area (Å²) in [4.78, 5) is 12.5. The number of nitriles is 1. The van der Waals surface area contributed by atoms with Crippen molar-refractivity contribution in [2.45, 2.75) is 64.0 Å². The predicted molar refractivity (Wildman–Crippen MR) is 132 cm³/mol. The van der Waals surface area contributed by atoms with Gasteiger partial charge < -0.3 is 0 Å². The molecule has 0 heterocycles. The number of hydrogen-bond acceptors (Lipinski definition) is 5. The lowest BCUT2D eigenvalue weighted by Crippen LogP contribution is -2.53. The van der Waals surface area contributed by atoms with Crippen LogP contribution in [0.5, 0.6) is 0 Å². The summed E-state index contributed by atoms with van der Waals surface area (Å²) >= 11 is 0. The first-order valence-corrected chi connectivity index (χ1v) is 14.9. The number of hydrogen-bond donors (Lipinski definition) is 0. The number of benzene rings is 1. The molecule has 6 rings (SSSR count). The Morgan fingerprint density at radius 2 is 1.94 bits per heavy atom. The van der Waals surface area contributed by atoms with Crippen LogP contribution in [0.4, 0.5) is 0 Å². The van der Waals surface area contributed by atoms with Crippen molar-refractivity contribution in [2.75, 3.05) is 6.61 Å². The van der Waals surface area contributed by atoms with E-state index in [1.54, 1.807) is 12.1 Å². The van der Waals surface area contributed by atoms with Gasteiger partial charge in [0.25, 0.3) is 10.1 Å². The number of fused-ring (bicyclic) bond motifs is 7. The summed E-state index contributed by atoms with van der Waals surface area (Å²) < 4.78 is 31.4. The van der Waals surface area contributed by atoms with Gasteiger partial charge in [-0.25, -0.2) is 0 Å². The number of carbonyl (C=O) groups excluding carboxylic acids is 1. The first-order chi connectivity index (χ1) is 16.7. The summed E-state index contributed by atoms with van der Waals surface area (Å²) in [5.41, 5.74) is 1.91. The topological polar surface area (TPSA) is 84.2 Å². The van der Waals surface area contributed by atoms with Crippen molar-refractivity contribution in [1.82, 2.24) is 0 Å². The molecule has 0 aliphatic heterocycles. The second-order valence-corrected chi connectivity index (χ2v) is 13.9. The van der Waals surface area contributed by atoms with Crippen LogP contribution in [-0.2, 0) is 24.8 Å². The number of rotatable bonds is 6. The van der Waals surface area contributed by atoms with E-state index >= 15 is 0 Å². The van der Waals surface area contributed by atoms with E-state index in [0.717, 1.165) is 43.1 Å². The maximum atomic E-state index is 12.9. The SMILES string of the molecule is C[C@]12CCC(=O)C=C1[C@H](COS(=O)(=O)Cc1ccccc1)C[C@H]1[C@@H]3[C@H]4C[C@H]4C[C@@]3(CC#N)CC[C@@H]12. The van der Waals surface area contributed by atoms with E-state index in [4.69, 9.17) is 4.18 Å². The van der Waals surface area contributed by atoms with Crippen molar-refractivity contribution in [1.29, 1.82) is 5.26 Å². The van der Waals surface area contributed by atoms with Crippen molar-refractivity contribution >= 4 is 15.9 Å². The quantitative estimate of drug-likeness (QED) is 0.493. The normalized spacial score (nSPS) is 41.6. The van der Waals surface area contributed by atoms with E-state index in [-0.39, 0.29) is 34.9 Å².